The molecule has 3 heteroatoms. The van der Waals surface area contributed by atoms with Crippen LogP contribution in [0.15, 0.2) is 24.3 Å². The maximum absolute atomic E-state index is 12.1. The monoisotopic (exact) mass is 232 g/mol. The van der Waals surface area contributed by atoms with Crippen LogP contribution in [0, 0.1) is 0 Å². The molecule has 0 aromatic heterocycles. The molecule has 92 valence electrons. The lowest BCUT2D eigenvalue weighted by atomic mass is 10.1. The Morgan fingerprint density at radius 1 is 1.29 bits per heavy atom. The molecule has 1 atom stereocenters. The summed E-state index contributed by atoms with van der Waals surface area (Å²) in [5.41, 5.74) is 2.33. The van der Waals surface area contributed by atoms with E-state index in [0.717, 1.165) is 31.6 Å². The van der Waals surface area contributed by atoms with Gasteiger partial charge < -0.3 is 10.2 Å². The molecule has 3 nitrogen and oxygen atoms in total. The maximum atomic E-state index is 12.1. The molecule has 1 aliphatic rings. The summed E-state index contributed by atoms with van der Waals surface area (Å²) in [5.74, 6) is 0.205. The van der Waals surface area contributed by atoms with Crippen molar-refractivity contribution in [3.05, 3.63) is 29.8 Å². The summed E-state index contributed by atoms with van der Waals surface area (Å²) in [6.07, 6.45) is 1.94. The van der Waals surface area contributed by atoms with Gasteiger partial charge in [-0.05, 0) is 37.1 Å². The number of nitrogens with zero attached hydrogens (tertiary/aromatic N) is 1. The van der Waals surface area contributed by atoms with E-state index in [2.05, 4.69) is 24.4 Å². The number of anilines is 1. The first-order valence-corrected chi connectivity index (χ1v) is 6.40. The van der Waals surface area contributed by atoms with Crippen molar-refractivity contribution < 1.29 is 4.79 Å². The van der Waals surface area contributed by atoms with Crippen molar-refractivity contribution in [1.29, 1.82) is 0 Å². The van der Waals surface area contributed by atoms with E-state index in [0.29, 0.717) is 0 Å². The summed E-state index contributed by atoms with van der Waals surface area (Å²) < 4.78 is 0. The molecular formula is C14H20N2O. The van der Waals surface area contributed by atoms with Crippen molar-refractivity contribution >= 4 is 11.6 Å². The van der Waals surface area contributed by atoms with E-state index < -0.39 is 0 Å². The van der Waals surface area contributed by atoms with Crippen LogP contribution in [0.5, 0.6) is 0 Å². The lowest BCUT2D eigenvalue weighted by Crippen LogP contribution is -2.38. The lowest BCUT2D eigenvalue weighted by molar-refractivity contribution is -0.118. The van der Waals surface area contributed by atoms with E-state index in [9.17, 15) is 4.79 Å². The van der Waals surface area contributed by atoms with Crippen LogP contribution in [0.2, 0.25) is 0 Å². The molecule has 1 aromatic carbocycles. The molecule has 1 N–H and O–H groups in total. The van der Waals surface area contributed by atoms with Crippen LogP contribution >= 0.6 is 0 Å². The van der Waals surface area contributed by atoms with E-state index in [-0.39, 0.29) is 11.9 Å². The highest BCUT2D eigenvalue weighted by atomic mass is 16.2. The van der Waals surface area contributed by atoms with Crippen LogP contribution < -0.4 is 10.2 Å². The number of carbonyl (C=O) groups is 1. The summed E-state index contributed by atoms with van der Waals surface area (Å²) in [4.78, 5) is 14.0. The van der Waals surface area contributed by atoms with Crippen LogP contribution in [0.3, 0.4) is 0 Å². The van der Waals surface area contributed by atoms with Crippen molar-refractivity contribution in [2.45, 2.75) is 32.7 Å². The molecule has 1 aromatic rings. The fourth-order valence-electron chi connectivity index (χ4n) is 2.28. The fourth-order valence-corrected chi connectivity index (χ4v) is 2.28. The molecule has 17 heavy (non-hydrogen) atoms. The molecule has 0 aliphatic carbocycles. The van der Waals surface area contributed by atoms with Gasteiger partial charge in [-0.15, -0.1) is 0 Å². The topological polar surface area (TPSA) is 32.3 Å². The Balaban J connectivity index is 2.10. The third-order valence-corrected chi connectivity index (χ3v) is 3.31. The number of amides is 1. The summed E-state index contributed by atoms with van der Waals surface area (Å²) in [6.45, 7) is 5.84. The minimum atomic E-state index is 0.00542. The molecule has 0 radical (unpaired) electrons. The highest BCUT2D eigenvalue weighted by Gasteiger charge is 2.31. The van der Waals surface area contributed by atoms with E-state index in [1.54, 1.807) is 0 Å². The Morgan fingerprint density at radius 3 is 2.59 bits per heavy atom. The van der Waals surface area contributed by atoms with E-state index in [4.69, 9.17) is 0 Å². The molecule has 1 heterocycles. The second-order valence-electron chi connectivity index (χ2n) is 4.41. The van der Waals surface area contributed by atoms with E-state index >= 15 is 0 Å². The Morgan fingerprint density at radius 2 is 2.00 bits per heavy atom. The lowest BCUT2D eigenvalue weighted by Gasteiger charge is -2.17. The fraction of sp³-hybridized carbons (Fsp3) is 0.500. The number of likely N-dealkylation sites (N-methyl/N-ethyl adjacent to an activating group) is 1. The van der Waals surface area contributed by atoms with E-state index in [1.165, 1.54) is 5.56 Å². The highest BCUT2D eigenvalue weighted by molar-refractivity contribution is 5.99. The number of hydrogen-bond acceptors (Lipinski definition) is 2. The summed E-state index contributed by atoms with van der Waals surface area (Å²) in [6, 6.07) is 8.30. The standard InChI is InChI=1S/C14H20N2O/c1-3-11-5-7-12(8-6-11)16-10-9-13(14(16)17)15-4-2/h5-8,13,15H,3-4,9-10H2,1-2H3. The van der Waals surface area contributed by atoms with Gasteiger partial charge in [0.05, 0.1) is 6.04 Å². The summed E-state index contributed by atoms with van der Waals surface area (Å²) in [5, 5.41) is 3.23. The normalized spacial score (nSPS) is 20.0. The Hall–Kier alpha value is -1.35. The largest absolute Gasteiger partial charge is 0.311 e. The van der Waals surface area contributed by atoms with Gasteiger partial charge in [0.2, 0.25) is 5.91 Å². The van der Waals surface area contributed by atoms with Gasteiger partial charge in [0.25, 0.3) is 0 Å². The van der Waals surface area contributed by atoms with Crippen LogP contribution in [-0.4, -0.2) is 25.0 Å². The predicted molar refractivity (Wildman–Crippen MR) is 70.3 cm³/mol. The SMILES string of the molecule is CCNC1CCN(c2ccc(CC)cc2)C1=O. The molecular weight excluding hydrogens is 212 g/mol. The van der Waals surface area contributed by atoms with Gasteiger partial charge in [0.1, 0.15) is 0 Å². The molecule has 0 spiro atoms. The summed E-state index contributed by atoms with van der Waals surface area (Å²) in [7, 11) is 0. The van der Waals surface area contributed by atoms with Crippen molar-refractivity contribution in [3.8, 4) is 0 Å². The van der Waals surface area contributed by atoms with Gasteiger partial charge in [0, 0.05) is 12.2 Å². The van der Waals surface area contributed by atoms with E-state index in [1.807, 2.05) is 24.0 Å². The minimum absolute atomic E-state index is 0.00542. The smallest absolute Gasteiger partial charge is 0.244 e. The molecule has 2 rings (SSSR count). The zero-order valence-corrected chi connectivity index (χ0v) is 10.6. The molecule has 0 bridgehead atoms. The van der Waals surface area contributed by atoms with Crippen molar-refractivity contribution in [2.24, 2.45) is 0 Å². The zero-order valence-electron chi connectivity index (χ0n) is 10.6. The quantitative estimate of drug-likeness (QED) is 0.860. The summed E-state index contributed by atoms with van der Waals surface area (Å²) >= 11 is 0. The Labute approximate surface area is 103 Å². The number of hydrogen-bond donors (Lipinski definition) is 1. The van der Waals surface area contributed by atoms with Gasteiger partial charge in [-0.3, -0.25) is 4.79 Å². The number of aryl methyl sites for hydroxylation is 1. The van der Waals surface area contributed by atoms with Gasteiger partial charge in [0.15, 0.2) is 0 Å². The van der Waals surface area contributed by atoms with Crippen LogP contribution in [0.4, 0.5) is 5.69 Å². The van der Waals surface area contributed by atoms with Gasteiger partial charge in [-0.1, -0.05) is 26.0 Å². The van der Waals surface area contributed by atoms with Gasteiger partial charge in [-0.2, -0.15) is 0 Å². The first kappa shape index (κ1) is 12.1. The van der Waals surface area contributed by atoms with Crippen LogP contribution in [0.1, 0.15) is 25.8 Å². The molecule has 0 saturated carbocycles. The average Bonchev–Trinajstić information content (AvgIpc) is 2.72. The Bertz CT molecular complexity index is 386. The van der Waals surface area contributed by atoms with Crippen molar-refractivity contribution in [2.75, 3.05) is 18.0 Å². The van der Waals surface area contributed by atoms with Crippen LogP contribution in [-0.2, 0) is 11.2 Å². The second kappa shape index (κ2) is 5.32. The molecule has 1 amide bonds. The third-order valence-electron chi connectivity index (χ3n) is 3.31. The predicted octanol–water partition coefficient (Wildman–Crippen LogP) is 1.96. The van der Waals surface area contributed by atoms with Crippen molar-refractivity contribution in [1.82, 2.24) is 5.32 Å². The number of nitrogens with one attached hydrogen (secondary N) is 1. The third kappa shape index (κ3) is 2.50. The number of rotatable bonds is 4. The maximum Gasteiger partial charge on any atom is 0.244 e. The zero-order chi connectivity index (χ0) is 12.3. The van der Waals surface area contributed by atoms with Gasteiger partial charge >= 0.3 is 0 Å². The van der Waals surface area contributed by atoms with Crippen molar-refractivity contribution in [3.63, 3.8) is 0 Å². The first-order chi connectivity index (χ1) is 8.26. The average molecular weight is 232 g/mol. The van der Waals surface area contributed by atoms with Crippen LogP contribution in [0.25, 0.3) is 0 Å². The molecule has 1 saturated heterocycles. The highest BCUT2D eigenvalue weighted by Crippen LogP contribution is 2.22. The number of benzene rings is 1. The molecule has 1 aliphatic heterocycles. The second-order valence-corrected chi connectivity index (χ2v) is 4.41. The molecule has 1 unspecified atom stereocenters. The minimum Gasteiger partial charge on any atom is -0.311 e. The molecule has 1 fully saturated rings. The number of carbonyl (C=O) groups excluding carboxylic acids is 1. The Kier molecular flexibility index (Phi) is 3.79. The first-order valence-electron chi connectivity index (χ1n) is 6.40. The van der Waals surface area contributed by atoms with Gasteiger partial charge in [-0.25, -0.2) is 0 Å².